The van der Waals surface area contributed by atoms with E-state index in [9.17, 15) is 5.11 Å². The summed E-state index contributed by atoms with van der Waals surface area (Å²) in [5.41, 5.74) is 0. The molecule has 0 fully saturated rings. The van der Waals surface area contributed by atoms with E-state index in [1.807, 2.05) is 18.7 Å². The van der Waals surface area contributed by atoms with E-state index >= 15 is 0 Å². The maximum Gasteiger partial charge on any atom is 0.0897 e. The summed E-state index contributed by atoms with van der Waals surface area (Å²) >= 11 is 1.82. The van der Waals surface area contributed by atoms with Gasteiger partial charge in [0.25, 0.3) is 0 Å². The Hall–Kier alpha value is 0.190. The van der Waals surface area contributed by atoms with Crippen molar-refractivity contribution in [1.82, 2.24) is 5.32 Å². The van der Waals surface area contributed by atoms with Crippen LogP contribution in [0.5, 0.6) is 0 Å². The normalized spacial score (nSPS) is 14.8. The number of rotatable bonds is 12. The van der Waals surface area contributed by atoms with Gasteiger partial charge in [0.15, 0.2) is 0 Å². The van der Waals surface area contributed by atoms with E-state index in [4.69, 9.17) is 9.47 Å². The van der Waals surface area contributed by atoms with E-state index < -0.39 is 6.10 Å². The highest BCUT2D eigenvalue weighted by Gasteiger charge is 2.08. The van der Waals surface area contributed by atoms with E-state index in [1.165, 1.54) is 0 Å². The molecule has 5 heteroatoms. The number of nitrogens with one attached hydrogen (secondary N) is 1. The van der Waals surface area contributed by atoms with Crippen molar-refractivity contribution in [3.8, 4) is 0 Å². The Balaban J connectivity index is 3.40. The monoisotopic (exact) mass is 265 g/mol. The predicted molar refractivity (Wildman–Crippen MR) is 73.8 cm³/mol. The van der Waals surface area contributed by atoms with Crippen LogP contribution in [0.25, 0.3) is 0 Å². The van der Waals surface area contributed by atoms with Crippen LogP contribution in [0.2, 0.25) is 0 Å². The second kappa shape index (κ2) is 12.6. The van der Waals surface area contributed by atoms with Crippen molar-refractivity contribution in [2.24, 2.45) is 0 Å². The van der Waals surface area contributed by atoms with E-state index in [0.717, 1.165) is 12.2 Å². The molecule has 0 heterocycles. The quantitative estimate of drug-likeness (QED) is 0.518. The van der Waals surface area contributed by atoms with E-state index in [1.54, 1.807) is 0 Å². The second-order valence-corrected chi connectivity index (χ2v) is 4.81. The van der Waals surface area contributed by atoms with Gasteiger partial charge in [0.1, 0.15) is 0 Å². The van der Waals surface area contributed by atoms with Crippen molar-refractivity contribution >= 4 is 11.8 Å². The first-order chi connectivity index (χ1) is 8.24. The first-order valence-electron chi connectivity index (χ1n) is 6.30. The maximum absolute atomic E-state index is 9.68. The van der Waals surface area contributed by atoms with Crippen molar-refractivity contribution < 1.29 is 14.6 Å². The average Bonchev–Trinajstić information content (AvgIpc) is 2.34. The smallest absolute Gasteiger partial charge is 0.0897 e. The number of ether oxygens (including phenoxy) is 2. The van der Waals surface area contributed by atoms with Crippen LogP contribution in [-0.4, -0.2) is 62.2 Å². The highest BCUT2D eigenvalue weighted by atomic mass is 32.2. The van der Waals surface area contributed by atoms with Crippen LogP contribution in [-0.2, 0) is 9.47 Å². The Morgan fingerprint density at radius 1 is 1.24 bits per heavy atom. The zero-order chi connectivity index (χ0) is 12.9. The molecule has 0 aliphatic rings. The first-order valence-corrected chi connectivity index (χ1v) is 7.69. The largest absolute Gasteiger partial charge is 0.389 e. The lowest BCUT2D eigenvalue weighted by Gasteiger charge is -2.18. The molecule has 2 unspecified atom stereocenters. The zero-order valence-corrected chi connectivity index (χ0v) is 12.1. The number of aliphatic hydroxyl groups is 1. The Kier molecular flexibility index (Phi) is 12.8. The van der Waals surface area contributed by atoms with Gasteiger partial charge in [-0.3, -0.25) is 0 Å². The van der Waals surface area contributed by atoms with Crippen LogP contribution < -0.4 is 5.32 Å². The minimum atomic E-state index is -0.437. The van der Waals surface area contributed by atoms with E-state index in [2.05, 4.69) is 18.5 Å². The van der Waals surface area contributed by atoms with Crippen LogP contribution in [0, 0.1) is 0 Å². The van der Waals surface area contributed by atoms with Crippen LogP contribution in [0.1, 0.15) is 20.3 Å². The molecule has 0 aliphatic heterocycles. The Bertz CT molecular complexity index is 161. The van der Waals surface area contributed by atoms with Gasteiger partial charge >= 0.3 is 0 Å². The Labute approximate surface area is 109 Å². The fraction of sp³-hybridized carbons (Fsp3) is 1.00. The number of hydrogen-bond acceptors (Lipinski definition) is 5. The van der Waals surface area contributed by atoms with Crippen molar-refractivity contribution in [2.75, 3.05) is 45.0 Å². The third-order valence-corrected chi connectivity index (χ3v) is 3.12. The molecule has 0 saturated heterocycles. The molecule has 2 N–H and O–H groups in total. The summed E-state index contributed by atoms with van der Waals surface area (Å²) in [6, 6.07) is 0.475. The molecule has 0 aliphatic carbocycles. The Morgan fingerprint density at radius 3 is 2.53 bits per heavy atom. The molecule has 0 spiro atoms. The molecule has 2 atom stereocenters. The SMILES string of the molecule is CCOCCOCC(O)CNC(CC)CSC. The lowest BCUT2D eigenvalue weighted by Crippen LogP contribution is -2.38. The van der Waals surface area contributed by atoms with Gasteiger partial charge in [-0.2, -0.15) is 11.8 Å². The number of hydrogen-bond donors (Lipinski definition) is 2. The van der Waals surface area contributed by atoms with Crippen LogP contribution >= 0.6 is 11.8 Å². The highest BCUT2D eigenvalue weighted by Crippen LogP contribution is 2.00. The molecular formula is C12H27NO3S. The van der Waals surface area contributed by atoms with Crippen LogP contribution in [0.3, 0.4) is 0 Å². The Morgan fingerprint density at radius 2 is 1.94 bits per heavy atom. The fourth-order valence-electron chi connectivity index (χ4n) is 1.37. The summed E-state index contributed by atoms with van der Waals surface area (Å²) in [5.74, 6) is 1.08. The molecule has 0 rings (SSSR count). The standard InChI is InChI=1S/C12H27NO3S/c1-4-11(10-17-3)13-8-12(14)9-16-7-6-15-5-2/h11-14H,4-10H2,1-3H3. The van der Waals surface area contributed by atoms with Gasteiger partial charge in [-0.1, -0.05) is 6.92 Å². The van der Waals surface area contributed by atoms with Crippen molar-refractivity contribution in [3.05, 3.63) is 0 Å². The van der Waals surface area contributed by atoms with Crippen LogP contribution in [0.4, 0.5) is 0 Å². The van der Waals surface area contributed by atoms with Crippen molar-refractivity contribution in [1.29, 1.82) is 0 Å². The molecule has 0 amide bonds. The molecule has 4 nitrogen and oxygen atoms in total. The van der Waals surface area contributed by atoms with E-state index in [0.29, 0.717) is 39.0 Å². The summed E-state index contributed by atoms with van der Waals surface area (Å²) in [7, 11) is 0. The van der Waals surface area contributed by atoms with Gasteiger partial charge in [0, 0.05) is 24.9 Å². The van der Waals surface area contributed by atoms with Gasteiger partial charge in [0.2, 0.25) is 0 Å². The molecule has 17 heavy (non-hydrogen) atoms. The van der Waals surface area contributed by atoms with Gasteiger partial charge in [-0.15, -0.1) is 0 Å². The summed E-state index contributed by atoms with van der Waals surface area (Å²) in [6.45, 7) is 6.92. The van der Waals surface area contributed by atoms with E-state index in [-0.39, 0.29) is 0 Å². The fourth-order valence-corrected chi connectivity index (χ4v) is 2.12. The first kappa shape index (κ1) is 17.2. The molecule has 0 radical (unpaired) electrons. The van der Waals surface area contributed by atoms with Crippen LogP contribution in [0.15, 0.2) is 0 Å². The van der Waals surface area contributed by atoms with Gasteiger partial charge in [0.05, 0.1) is 25.9 Å². The summed E-state index contributed by atoms with van der Waals surface area (Å²) in [4.78, 5) is 0. The van der Waals surface area contributed by atoms with Gasteiger partial charge in [-0.05, 0) is 19.6 Å². The number of thioether (sulfide) groups is 1. The third kappa shape index (κ3) is 11.0. The number of aliphatic hydroxyl groups excluding tert-OH is 1. The van der Waals surface area contributed by atoms with Crippen molar-refractivity contribution in [3.63, 3.8) is 0 Å². The minimum Gasteiger partial charge on any atom is -0.389 e. The molecule has 0 bridgehead atoms. The summed E-state index contributed by atoms with van der Waals surface area (Å²) in [6.07, 6.45) is 2.74. The zero-order valence-electron chi connectivity index (χ0n) is 11.3. The molecule has 0 aromatic rings. The lowest BCUT2D eigenvalue weighted by atomic mass is 10.2. The third-order valence-electron chi connectivity index (χ3n) is 2.39. The maximum atomic E-state index is 9.68. The summed E-state index contributed by atoms with van der Waals surface area (Å²) < 4.78 is 10.4. The lowest BCUT2D eigenvalue weighted by molar-refractivity contribution is 0.00589. The predicted octanol–water partition coefficient (Wildman–Crippen LogP) is 1.13. The minimum absolute atomic E-state index is 0.371. The van der Waals surface area contributed by atoms with Gasteiger partial charge < -0.3 is 19.9 Å². The topological polar surface area (TPSA) is 50.7 Å². The van der Waals surface area contributed by atoms with Gasteiger partial charge in [-0.25, -0.2) is 0 Å². The summed E-state index contributed by atoms with van der Waals surface area (Å²) in [5, 5.41) is 13.0. The molecule has 0 saturated carbocycles. The molecule has 0 aromatic carbocycles. The average molecular weight is 265 g/mol. The molecule has 104 valence electrons. The molecule has 0 aromatic heterocycles. The highest BCUT2D eigenvalue weighted by molar-refractivity contribution is 7.98. The van der Waals surface area contributed by atoms with Crippen molar-refractivity contribution in [2.45, 2.75) is 32.4 Å². The second-order valence-electron chi connectivity index (χ2n) is 3.89. The molecular weight excluding hydrogens is 238 g/mol.